The Kier molecular flexibility index (Phi) is 2.61. The molecule has 90 valence electrons. The summed E-state index contributed by atoms with van der Waals surface area (Å²) < 4.78 is 13.6. The summed E-state index contributed by atoms with van der Waals surface area (Å²) in [5, 5.41) is 2.95. The number of benzene rings is 1. The third-order valence-electron chi connectivity index (χ3n) is 4.02. The van der Waals surface area contributed by atoms with Crippen LogP contribution in [0.2, 0.25) is 0 Å². The minimum atomic E-state index is -0.390. The van der Waals surface area contributed by atoms with Crippen LogP contribution in [0.4, 0.5) is 4.39 Å². The molecule has 0 bridgehead atoms. The van der Waals surface area contributed by atoms with Crippen LogP contribution >= 0.6 is 0 Å². The highest BCUT2D eigenvalue weighted by Gasteiger charge is 2.36. The van der Waals surface area contributed by atoms with Gasteiger partial charge in [-0.25, -0.2) is 4.39 Å². The molecule has 1 amide bonds. The molecule has 1 N–H and O–H groups in total. The van der Waals surface area contributed by atoms with Gasteiger partial charge in [0.2, 0.25) is 0 Å². The Morgan fingerprint density at radius 2 is 1.94 bits per heavy atom. The molecule has 2 aliphatic rings. The number of carbonyl (C=O) groups is 1. The molecular weight excluding hydrogens is 217 g/mol. The predicted octanol–water partition coefficient (Wildman–Crippen LogP) is 3.19. The van der Waals surface area contributed by atoms with Gasteiger partial charge in [-0.2, -0.15) is 0 Å². The number of fused-ring (bicyclic) bond motifs is 1. The van der Waals surface area contributed by atoms with Crippen molar-refractivity contribution in [1.82, 2.24) is 5.32 Å². The standard InChI is InChI=1S/C14H16FNO/c15-11-8-4-7-10-12(11)14(17)16-13(10)9-5-2-1-3-6-9/h4,7-9,13H,1-3,5-6H2,(H,16,17). The number of hydrogen-bond acceptors (Lipinski definition) is 1. The molecule has 1 aliphatic heterocycles. The first-order valence-electron chi connectivity index (χ1n) is 6.36. The molecule has 0 aromatic heterocycles. The van der Waals surface area contributed by atoms with Gasteiger partial charge in [-0.1, -0.05) is 31.4 Å². The van der Waals surface area contributed by atoms with Crippen LogP contribution in [0.15, 0.2) is 18.2 Å². The third kappa shape index (κ3) is 1.74. The molecule has 2 nitrogen and oxygen atoms in total. The first-order valence-corrected chi connectivity index (χ1v) is 6.36. The van der Waals surface area contributed by atoms with Crippen LogP contribution in [-0.4, -0.2) is 5.91 Å². The summed E-state index contributed by atoms with van der Waals surface area (Å²) in [5.41, 5.74) is 1.13. The van der Waals surface area contributed by atoms with E-state index in [0.717, 1.165) is 18.4 Å². The van der Waals surface area contributed by atoms with Crippen molar-refractivity contribution in [2.45, 2.75) is 38.1 Å². The van der Waals surface area contributed by atoms with E-state index in [9.17, 15) is 9.18 Å². The summed E-state index contributed by atoms with van der Waals surface area (Å²) in [6.45, 7) is 0. The van der Waals surface area contributed by atoms with Crippen molar-refractivity contribution in [3.8, 4) is 0 Å². The van der Waals surface area contributed by atoms with Crippen molar-refractivity contribution < 1.29 is 9.18 Å². The van der Waals surface area contributed by atoms with Gasteiger partial charge < -0.3 is 5.32 Å². The molecule has 1 aliphatic carbocycles. The lowest BCUT2D eigenvalue weighted by Crippen LogP contribution is -2.27. The van der Waals surface area contributed by atoms with Crippen LogP contribution in [0, 0.1) is 11.7 Å². The van der Waals surface area contributed by atoms with Crippen molar-refractivity contribution in [1.29, 1.82) is 0 Å². The van der Waals surface area contributed by atoms with Crippen LogP contribution in [-0.2, 0) is 0 Å². The van der Waals surface area contributed by atoms with E-state index >= 15 is 0 Å². The maximum atomic E-state index is 13.6. The molecule has 0 radical (unpaired) electrons. The molecule has 0 saturated heterocycles. The first kappa shape index (κ1) is 10.8. The van der Waals surface area contributed by atoms with E-state index in [1.165, 1.54) is 25.3 Å². The van der Waals surface area contributed by atoms with Crippen LogP contribution in [0.1, 0.15) is 54.1 Å². The van der Waals surface area contributed by atoms with Gasteiger partial charge in [0.1, 0.15) is 5.82 Å². The lowest BCUT2D eigenvalue weighted by molar-refractivity contribution is 0.0937. The van der Waals surface area contributed by atoms with Crippen LogP contribution in [0.5, 0.6) is 0 Å². The minimum Gasteiger partial charge on any atom is -0.345 e. The molecule has 1 heterocycles. The fraction of sp³-hybridized carbons (Fsp3) is 0.500. The Balaban J connectivity index is 1.95. The van der Waals surface area contributed by atoms with Gasteiger partial charge in [-0.15, -0.1) is 0 Å². The fourth-order valence-corrected chi connectivity index (χ4v) is 3.17. The van der Waals surface area contributed by atoms with E-state index in [2.05, 4.69) is 5.32 Å². The summed E-state index contributed by atoms with van der Waals surface area (Å²) in [5.74, 6) is -0.150. The second-order valence-electron chi connectivity index (χ2n) is 5.05. The molecule has 1 atom stereocenters. The summed E-state index contributed by atoms with van der Waals surface area (Å²) in [4.78, 5) is 11.8. The molecule has 3 heteroatoms. The number of amides is 1. The second-order valence-corrected chi connectivity index (χ2v) is 5.05. The minimum absolute atomic E-state index is 0.0356. The Bertz CT molecular complexity index is 452. The number of hydrogen-bond donors (Lipinski definition) is 1. The van der Waals surface area contributed by atoms with Gasteiger partial charge in [0.05, 0.1) is 11.6 Å². The Morgan fingerprint density at radius 3 is 2.71 bits per heavy atom. The van der Waals surface area contributed by atoms with Crippen molar-refractivity contribution in [3.63, 3.8) is 0 Å². The van der Waals surface area contributed by atoms with Gasteiger partial charge in [-0.05, 0) is 30.4 Å². The maximum Gasteiger partial charge on any atom is 0.255 e. The summed E-state index contributed by atoms with van der Waals surface area (Å²) >= 11 is 0. The topological polar surface area (TPSA) is 29.1 Å². The molecule has 1 unspecified atom stereocenters. The first-order chi connectivity index (χ1) is 8.27. The Morgan fingerprint density at radius 1 is 1.18 bits per heavy atom. The number of rotatable bonds is 1. The predicted molar refractivity (Wildman–Crippen MR) is 63.2 cm³/mol. The van der Waals surface area contributed by atoms with Crippen LogP contribution < -0.4 is 5.32 Å². The number of halogens is 1. The van der Waals surface area contributed by atoms with E-state index in [1.54, 1.807) is 6.07 Å². The lowest BCUT2D eigenvalue weighted by atomic mass is 9.81. The zero-order valence-electron chi connectivity index (χ0n) is 9.71. The largest absolute Gasteiger partial charge is 0.345 e. The Hall–Kier alpha value is -1.38. The number of nitrogens with one attached hydrogen (secondary N) is 1. The van der Waals surface area contributed by atoms with Crippen molar-refractivity contribution in [3.05, 3.63) is 35.1 Å². The lowest BCUT2D eigenvalue weighted by Gasteiger charge is -2.27. The van der Waals surface area contributed by atoms with Gasteiger partial charge in [0.25, 0.3) is 5.91 Å². The monoisotopic (exact) mass is 233 g/mol. The third-order valence-corrected chi connectivity index (χ3v) is 4.02. The van der Waals surface area contributed by atoms with E-state index in [-0.39, 0.29) is 17.5 Å². The van der Waals surface area contributed by atoms with E-state index < -0.39 is 5.82 Å². The summed E-state index contributed by atoms with van der Waals surface area (Å²) in [6.07, 6.45) is 6.01. The number of carbonyl (C=O) groups excluding carboxylic acids is 1. The highest BCUT2D eigenvalue weighted by atomic mass is 19.1. The van der Waals surface area contributed by atoms with Crippen LogP contribution in [0.25, 0.3) is 0 Å². The quantitative estimate of drug-likeness (QED) is 0.793. The zero-order chi connectivity index (χ0) is 11.8. The second kappa shape index (κ2) is 4.13. The van der Waals surface area contributed by atoms with E-state index in [4.69, 9.17) is 0 Å². The van der Waals surface area contributed by atoms with Crippen LogP contribution in [0.3, 0.4) is 0 Å². The molecule has 1 aromatic carbocycles. The SMILES string of the molecule is O=C1NC(C2CCCCC2)c2cccc(F)c21. The molecule has 3 rings (SSSR count). The normalized spacial score (nSPS) is 24.5. The molecule has 1 fully saturated rings. The average Bonchev–Trinajstić information content (AvgIpc) is 2.69. The molecule has 1 saturated carbocycles. The van der Waals surface area contributed by atoms with Crippen molar-refractivity contribution >= 4 is 5.91 Å². The summed E-state index contributed by atoms with van der Waals surface area (Å²) in [7, 11) is 0. The fourth-order valence-electron chi connectivity index (χ4n) is 3.17. The van der Waals surface area contributed by atoms with E-state index in [0.29, 0.717) is 5.92 Å². The van der Waals surface area contributed by atoms with Crippen molar-refractivity contribution in [2.24, 2.45) is 5.92 Å². The molecular formula is C14H16FNO. The molecule has 0 spiro atoms. The highest BCUT2D eigenvalue weighted by Crippen LogP contribution is 2.39. The summed E-state index contributed by atoms with van der Waals surface area (Å²) in [6, 6.07) is 4.98. The van der Waals surface area contributed by atoms with Crippen molar-refractivity contribution in [2.75, 3.05) is 0 Å². The van der Waals surface area contributed by atoms with Gasteiger partial charge in [0, 0.05) is 0 Å². The average molecular weight is 233 g/mol. The highest BCUT2D eigenvalue weighted by molar-refractivity contribution is 5.99. The Labute approximate surface area is 100 Å². The smallest absolute Gasteiger partial charge is 0.255 e. The van der Waals surface area contributed by atoms with Gasteiger partial charge >= 0.3 is 0 Å². The van der Waals surface area contributed by atoms with E-state index in [1.807, 2.05) is 6.07 Å². The molecule has 17 heavy (non-hydrogen) atoms. The zero-order valence-corrected chi connectivity index (χ0v) is 9.71. The maximum absolute atomic E-state index is 13.6. The molecule has 1 aromatic rings. The van der Waals surface area contributed by atoms with Gasteiger partial charge in [0.15, 0.2) is 0 Å². The van der Waals surface area contributed by atoms with Gasteiger partial charge in [-0.3, -0.25) is 4.79 Å².